The molecule has 2 aromatic heterocycles. The smallest absolute Gasteiger partial charge is 0.407 e. The Morgan fingerprint density at radius 3 is 2.52 bits per heavy atom. The number of anilines is 2. The highest BCUT2D eigenvalue weighted by molar-refractivity contribution is 7.99. The second kappa shape index (κ2) is 14.5. The fraction of sp³-hybridized carbons (Fsp3) is 0.321. The number of pyridine rings is 2. The number of halogens is 1. The van der Waals surface area contributed by atoms with Gasteiger partial charge in [0.2, 0.25) is 0 Å². The Labute approximate surface area is 242 Å². The molecule has 0 unspecified atom stereocenters. The zero-order valence-electron chi connectivity index (χ0n) is 22.7. The van der Waals surface area contributed by atoms with Gasteiger partial charge in [0.1, 0.15) is 17.2 Å². The Hall–Kier alpha value is -3.83. The number of amides is 3. The minimum atomic E-state index is -0.582. The molecule has 3 aromatic rings. The van der Waals surface area contributed by atoms with E-state index in [1.165, 1.54) is 12.4 Å². The molecule has 3 rings (SSSR count). The number of carbonyl (C=O) groups excluding carboxylic acids is 3. The molecule has 0 saturated carbocycles. The van der Waals surface area contributed by atoms with Crippen molar-refractivity contribution >= 4 is 52.8 Å². The summed E-state index contributed by atoms with van der Waals surface area (Å²) in [6.45, 7) is 8.01. The van der Waals surface area contributed by atoms with Crippen molar-refractivity contribution in [2.45, 2.75) is 44.6 Å². The fourth-order valence-corrected chi connectivity index (χ4v) is 4.13. The van der Waals surface area contributed by atoms with Crippen molar-refractivity contribution < 1.29 is 23.9 Å². The molecule has 0 spiro atoms. The second-order valence-electron chi connectivity index (χ2n) is 9.39. The number of carbonyl (C=O) groups is 3. The molecule has 0 aliphatic heterocycles. The monoisotopic (exact) mass is 585 g/mol. The van der Waals surface area contributed by atoms with Gasteiger partial charge < -0.3 is 25.4 Å². The lowest BCUT2D eigenvalue weighted by Crippen LogP contribution is -2.33. The van der Waals surface area contributed by atoms with Gasteiger partial charge in [-0.1, -0.05) is 18.5 Å². The summed E-state index contributed by atoms with van der Waals surface area (Å²) < 4.78 is 11.2. The summed E-state index contributed by atoms with van der Waals surface area (Å²) in [7, 11) is 0. The molecule has 40 heavy (non-hydrogen) atoms. The number of ether oxygens (including phenoxy) is 2. The first kappa shape index (κ1) is 30.7. The van der Waals surface area contributed by atoms with Gasteiger partial charge in [0.15, 0.2) is 5.69 Å². The number of thioether (sulfide) groups is 1. The Bertz CT molecular complexity index is 1330. The zero-order chi connectivity index (χ0) is 29.1. The summed E-state index contributed by atoms with van der Waals surface area (Å²) in [5, 5.41) is 8.53. The van der Waals surface area contributed by atoms with Gasteiger partial charge in [-0.2, -0.15) is 0 Å². The van der Waals surface area contributed by atoms with Gasteiger partial charge in [0.05, 0.1) is 22.9 Å². The minimum absolute atomic E-state index is 0.0152. The summed E-state index contributed by atoms with van der Waals surface area (Å²) in [5.74, 6) is 0.504. The van der Waals surface area contributed by atoms with E-state index in [9.17, 15) is 14.4 Å². The van der Waals surface area contributed by atoms with E-state index in [0.29, 0.717) is 23.7 Å². The van der Waals surface area contributed by atoms with Crippen LogP contribution in [0.2, 0.25) is 5.02 Å². The van der Waals surface area contributed by atoms with Crippen LogP contribution in [0.1, 0.15) is 55.0 Å². The number of hydrogen-bond acceptors (Lipinski definition) is 8. The third kappa shape index (κ3) is 9.73. The van der Waals surface area contributed by atoms with E-state index in [-0.39, 0.29) is 29.4 Å². The highest BCUT2D eigenvalue weighted by Crippen LogP contribution is 2.28. The van der Waals surface area contributed by atoms with Crippen molar-refractivity contribution in [1.82, 2.24) is 15.3 Å². The van der Waals surface area contributed by atoms with Gasteiger partial charge in [-0.15, -0.1) is 11.8 Å². The summed E-state index contributed by atoms with van der Waals surface area (Å²) in [6.07, 6.45) is 2.86. The number of nitrogens with zero attached hydrogens (tertiary/aromatic N) is 2. The molecular formula is C28H32ClN5O5S. The molecule has 3 amide bonds. The van der Waals surface area contributed by atoms with Crippen molar-refractivity contribution in [3.63, 3.8) is 0 Å². The Kier molecular flexibility index (Phi) is 11.2. The lowest BCUT2D eigenvalue weighted by molar-refractivity contribution is 0.0525. The van der Waals surface area contributed by atoms with Crippen LogP contribution in [0.4, 0.5) is 16.3 Å². The van der Waals surface area contributed by atoms with Gasteiger partial charge in [0, 0.05) is 23.8 Å². The number of rotatable bonds is 11. The fourth-order valence-electron chi connectivity index (χ4n) is 3.33. The molecule has 3 N–H and O–H groups in total. The summed E-state index contributed by atoms with van der Waals surface area (Å²) in [5.41, 5.74) is -0.0584. The van der Waals surface area contributed by atoms with Crippen LogP contribution < -0.4 is 20.7 Å². The maximum absolute atomic E-state index is 13.3. The molecule has 0 atom stereocenters. The molecule has 1 aromatic carbocycles. The van der Waals surface area contributed by atoms with Crippen LogP contribution in [-0.4, -0.2) is 52.4 Å². The molecule has 0 saturated heterocycles. The van der Waals surface area contributed by atoms with Crippen LogP contribution in [0.25, 0.3) is 0 Å². The van der Waals surface area contributed by atoms with Crippen LogP contribution >= 0.6 is 23.4 Å². The van der Waals surface area contributed by atoms with Crippen molar-refractivity contribution in [2.24, 2.45) is 0 Å². The van der Waals surface area contributed by atoms with Crippen molar-refractivity contribution in [3.8, 4) is 5.75 Å². The number of hydrogen-bond donors (Lipinski definition) is 3. The quantitative estimate of drug-likeness (QED) is 0.183. The molecule has 0 aliphatic carbocycles. The van der Waals surface area contributed by atoms with E-state index >= 15 is 0 Å². The van der Waals surface area contributed by atoms with Crippen LogP contribution in [0, 0.1) is 0 Å². The Balaban J connectivity index is 1.69. The summed E-state index contributed by atoms with van der Waals surface area (Å²) in [6, 6.07) is 11.7. The molecule has 0 fully saturated rings. The number of benzene rings is 1. The van der Waals surface area contributed by atoms with Gasteiger partial charge in [-0.25, -0.2) is 14.8 Å². The summed E-state index contributed by atoms with van der Waals surface area (Å²) in [4.78, 5) is 47.2. The van der Waals surface area contributed by atoms with Gasteiger partial charge >= 0.3 is 6.09 Å². The molecule has 0 radical (unpaired) electrons. The average molecular weight is 586 g/mol. The first-order valence-electron chi connectivity index (χ1n) is 12.6. The van der Waals surface area contributed by atoms with Crippen LogP contribution in [0.15, 0.2) is 59.8 Å². The van der Waals surface area contributed by atoms with Crippen LogP contribution in [-0.2, 0) is 4.74 Å². The van der Waals surface area contributed by atoms with E-state index in [1.54, 1.807) is 68.9 Å². The van der Waals surface area contributed by atoms with E-state index < -0.39 is 23.5 Å². The third-order valence-electron chi connectivity index (χ3n) is 5.00. The van der Waals surface area contributed by atoms with Crippen LogP contribution in [0.5, 0.6) is 5.75 Å². The van der Waals surface area contributed by atoms with Crippen LogP contribution in [0.3, 0.4) is 0 Å². The number of nitrogens with one attached hydrogen (secondary N) is 3. The van der Waals surface area contributed by atoms with Gasteiger partial charge in [0.25, 0.3) is 11.8 Å². The molecule has 0 aliphatic rings. The first-order valence-corrected chi connectivity index (χ1v) is 14.0. The standard InChI is InChI=1S/C28H32ClN5O5S/c1-5-40-19-10-11-20(22(16-19)38-15-7-14-31-27(37)39-28(2,3)4)25(35)33-21-8-6-13-30-24(21)26(36)34-23-12-9-18(29)17-32-23/h6,8-13,16-17H,5,7,14-15H2,1-4H3,(H,31,37)(H,33,35)(H,32,34,36). The second-order valence-corrected chi connectivity index (χ2v) is 11.2. The summed E-state index contributed by atoms with van der Waals surface area (Å²) >= 11 is 7.47. The lowest BCUT2D eigenvalue weighted by Gasteiger charge is -2.19. The topological polar surface area (TPSA) is 132 Å². The van der Waals surface area contributed by atoms with Gasteiger partial charge in [-0.05, 0) is 75.4 Å². The normalized spacial score (nSPS) is 10.9. The first-order chi connectivity index (χ1) is 19.1. The Morgan fingerprint density at radius 2 is 1.82 bits per heavy atom. The van der Waals surface area contributed by atoms with Crippen molar-refractivity contribution in [3.05, 3.63) is 71.1 Å². The number of alkyl carbamates (subject to hydrolysis) is 1. The average Bonchev–Trinajstić information content (AvgIpc) is 2.89. The lowest BCUT2D eigenvalue weighted by atomic mass is 10.1. The molecule has 10 nitrogen and oxygen atoms in total. The zero-order valence-corrected chi connectivity index (χ0v) is 24.3. The molecule has 2 heterocycles. The predicted molar refractivity (Wildman–Crippen MR) is 157 cm³/mol. The van der Waals surface area contributed by atoms with Gasteiger partial charge in [-0.3, -0.25) is 9.59 Å². The maximum Gasteiger partial charge on any atom is 0.407 e. The molecule has 0 bridgehead atoms. The van der Waals surface area contributed by atoms with Crippen molar-refractivity contribution in [1.29, 1.82) is 0 Å². The molecule has 12 heteroatoms. The van der Waals surface area contributed by atoms with E-state index in [1.807, 2.05) is 13.0 Å². The molecule has 212 valence electrons. The maximum atomic E-state index is 13.3. The van der Waals surface area contributed by atoms with Crippen molar-refractivity contribution in [2.75, 3.05) is 29.5 Å². The minimum Gasteiger partial charge on any atom is -0.493 e. The highest BCUT2D eigenvalue weighted by atomic mass is 35.5. The number of aromatic nitrogens is 2. The van der Waals surface area contributed by atoms with E-state index in [2.05, 4.69) is 25.9 Å². The SMILES string of the molecule is CCSc1ccc(C(=O)Nc2cccnc2C(=O)Nc2ccc(Cl)cn2)c(OCCCNC(=O)OC(C)(C)C)c1. The third-order valence-corrected chi connectivity index (χ3v) is 6.10. The highest BCUT2D eigenvalue weighted by Gasteiger charge is 2.20. The van der Waals surface area contributed by atoms with E-state index in [0.717, 1.165) is 10.6 Å². The largest absolute Gasteiger partial charge is 0.493 e. The van der Waals surface area contributed by atoms with E-state index in [4.69, 9.17) is 21.1 Å². The predicted octanol–water partition coefficient (Wildman–Crippen LogP) is 6.04. The molecular weight excluding hydrogens is 554 g/mol. The Morgan fingerprint density at radius 1 is 1.02 bits per heavy atom.